The third-order valence-electron chi connectivity index (χ3n) is 7.29. The minimum absolute atomic E-state index is 0.288. The molecular formula is C21H27N7O. The Hall–Kier alpha value is -2.32. The van der Waals surface area contributed by atoms with E-state index in [9.17, 15) is 0 Å². The van der Waals surface area contributed by atoms with Crippen molar-refractivity contribution < 1.29 is 4.74 Å². The number of aromatic nitrogens is 4. The zero-order valence-electron chi connectivity index (χ0n) is 16.7. The number of hydrogen-bond donors (Lipinski definition) is 1. The summed E-state index contributed by atoms with van der Waals surface area (Å²) in [5.74, 6) is 3.96. The number of ether oxygens (including phenoxy) is 1. The van der Waals surface area contributed by atoms with Crippen molar-refractivity contribution in [2.45, 2.75) is 24.8 Å². The monoisotopic (exact) mass is 393 g/mol. The van der Waals surface area contributed by atoms with E-state index in [0.717, 1.165) is 55.9 Å². The van der Waals surface area contributed by atoms with Crippen LogP contribution in [0.1, 0.15) is 24.5 Å². The van der Waals surface area contributed by atoms with E-state index in [0.29, 0.717) is 23.8 Å². The first kappa shape index (κ1) is 17.5. The molecule has 5 heterocycles. The van der Waals surface area contributed by atoms with Crippen LogP contribution in [0, 0.1) is 17.8 Å². The van der Waals surface area contributed by atoms with E-state index < -0.39 is 0 Å². The number of likely N-dealkylation sites (tertiary alicyclic amines) is 1. The molecule has 0 aromatic carbocycles. The fraction of sp³-hybridized carbons (Fsp3) is 0.619. The van der Waals surface area contributed by atoms with Gasteiger partial charge in [0.1, 0.15) is 0 Å². The predicted octanol–water partition coefficient (Wildman–Crippen LogP) is 1.41. The molecule has 152 valence electrons. The molecule has 2 N–H and O–H groups in total. The molecule has 0 amide bonds. The molecule has 29 heavy (non-hydrogen) atoms. The number of methoxy groups -OCH3 is 1. The van der Waals surface area contributed by atoms with Gasteiger partial charge in [-0.3, -0.25) is 0 Å². The summed E-state index contributed by atoms with van der Waals surface area (Å²) < 4.78 is 5.24. The summed E-state index contributed by atoms with van der Waals surface area (Å²) in [6.45, 7) is 5.21. The molecule has 5 fully saturated rings. The smallest absolute Gasteiger partial charge is 0.226 e. The zero-order valence-corrected chi connectivity index (χ0v) is 16.7. The second-order valence-electron chi connectivity index (χ2n) is 9.06. The van der Waals surface area contributed by atoms with Crippen LogP contribution in [0.25, 0.3) is 11.3 Å². The molecule has 8 nitrogen and oxygen atoms in total. The van der Waals surface area contributed by atoms with Gasteiger partial charge in [-0.15, -0.1) is 0 Å². The van der Waals surface area contributed by atoms with E-state index in [1.165, 1.54) is 18.5 Å². The summed E-state index contributed by atoms with van der Waals surface area (Å²) in [7, 11) is 1.77. The Labute approximate surface area is 170 Å². The number of piperidine rings is 1. The molecule has 0 radical (unpaired) electrons. The third-order valence-corrected chi connectivity index (χ3v) is 7.29. The van der Waals surface area contributed by atoms with Crippen molar-refractivity contribution in [2.24, 2.45) is 17.8 Å². The Kier molecular flexibility index (Phi) is 3.99. The standard InChI is InChI=1S/C21H27N7O/c1-29-3-2-27-10-15-16(11-27)19(15)18-6-17(13-7-23-20(22)24-8-13)25-21(26-18)28-9-12-4-14(28)5-12/h6-8,12,14-16,19H,2-5,9-11H2,1H3,(H2,22,23,24)/t12?,14?,15-,16+,19?. The zero-order chi connectivity index (χ0) is 19.5. The molecule has 7 rings (SSSR count). The number of fused-ring (bicyclic) bond motifs is 2. The maximum absolute atomic E-state index is 5.68. The van der Waals surface area contributed by atoms with Gasteiger partial charge in [0.15, 0.2) is 0 Å². The number of nitrogens with two attached hydrogens (primary N) is 1. The summed E-state index contributed by atoms with van der Waals surface area (Å²) in [6, 6.07) is 2.77. The van der Waals surface area contributed by atoms with Crippen LogP contribution in [-0.4, -0.2) is 70.8 Å². The number of nitrogen functional groups attached to an aromatic ring is 1. The number of anilines is 2. The van der Waals surface area contributed by atoms with E-state index in [-0.39, 0.29) is 5.95 Å². The van der Waals surface area contributed by atoms with E-state index >= 15 is 0 Å². The van der Waals surface area contributed by atoms with Crippen molar-refractivity contribution in [2.75, 3.05) is 50.5 Å². The Morgan fingerprint density at radius 3 is 2.52 bits per heavy atom. The lowest BCUT2D eigenvalue weighted by Gasteiger charge is -2.26. The minimum Gasteiger partial charge on any atom is -0.383 e. The maximum Gasteiger partial charge on any atom is 0.226 e. The highest BCUT2D eigenvalue weighted by atomic mass is 16.5. The first-order valence-corrected chi connectivity index (χ1v) is 10.6. The summed E-state index contributed by atoms with van der Waals surface area (Å²) in [5.41, 5.74) is 8.68. The second-order valence-corrected chi connectivity index (χ2v) is 9.06. The number of rotatable bonds is 6. The van der Waals surface area contributed by atoms with Crippen LogP contribution >= 0.6 is 0 Å². The molecule has 3 saturated heterocycles. The highest BCUT2D eigenvalue weighted by molar-refractivity contribution is 5.60. The lowest BCUT2D eigenvalue weighted by atomic mass is 9.86. The Bertz CT molecular complexity index is 902. The van der Waals surface area contributed by atoms with Crippen molar-refractivity contribution in [3.63, 3.8) is 0 Å². The highest BCUT2D eigenvalue weighted by Crippen LogP contribution is 2.58. The first-order chi connectivity index (χ1) is 14.2. The van der Waals surface area contributed by atoms with Gasteiger partial charge in [0, 0.05) is 63.2 Å². The Morgan fingerprint density at radius 1 is 1.10 bits per heavy atom. The molecular weight excluding hydrogens is 366 g/mol. The third kappa shape index (κ3) is 2.97. The van der Waals surface area contributed by atoms with Gasteiger partial charge in [-0.25, -0.2) is 19.9 Å². The highest BCUT2D eigenvalue weighted by Gasteiger charge is 2.57. The van der Waals surface area contributed by atoms with Crippen LogP contribution in [0.5, 0.6) is 0 Å². The molecule has 3 atom stereocenters. The number of nitrogens with zero attached hydrogens (tertiary/aromatic N) is 6. The molecule has 2 bridgehead atoms. The first-order valence-electron chi connectivity index (χ1n) is 10.6. The molecule has 5 aliphatic rings. The molecule has 2 aromatic rings. The molecule has 1 unspecified atom stereocenters. The summed E-state index contributed by atoms with van der Waals surface area (Å²) >= 11 is 0. The molecule has 2 aliphatic carbocycles. The summed E-state index contributed by atoms with van der Waals surface area (Å²) in [5, 5.41) is 0. The topological polar surface area (TPSA) is 93.3 Å². The average Bonchev–Trinajstić information content (AvgIpc) is 3.12. The SMILES string of the molecule is COCCN1C[C@@H]2C(c3cc(-c4cnc(N)nc4)nc(N4CC5CC4C5)n3)[C@@H]2C1. The average molecular weight is 393 g/mol. The maximum atomic E-state index is 5.68. The van der Waals surface area contributed by atoms with Gasteiger partial charge in [0.05, 0.1) is 18.0 Å². The molecule has 2 saturated carbocycles. The molecule has 0 spiro atoms. The molecule has 3 aliphatic heterocycles. The lowest BCUT2D eigenvalue weighted by molar-refractivity contribution is 0.153. The van der Waals surface area contributed by atoms with Crippen LogP contribution in [0.2, 0.25) is 0 Å². The van der Waals surface area contributed by atoms with Crippen LogP contribution in [0.15, 0.2) is 18.5 Å². The summed E-state index contributed by atoms with van der Waals surface area (Å²) in [6.07, 6.45) is 6.11. The Balaban J connectivity index is 1.29. The molecule has 2 aromatic heterocycles. The van der Waals surface area contributed by atoms with Crippen molar-refractivity contribution >= 4 is 11.9 Å². The number of hydrogen-bond acceptors (Lipinski definition) is 8. The van der Waals surface area contributed by atoms with Crippen LogP contribution in [0.4, 0.5) is 11.9 Å². The van der Waals surface area contributed by atoms with Gasteiger partial charge in [-0.05, 0) is 36.7 Å². The van der Waals surface area contributed by atoms with Gasteiger partial charge in [-0.1, -0.05) is 0 Å². The fourth-order valence-corrected chi connectivity index (χ4v) is 5.60. The van der Waals surface area contributed by atoms with Crippen molar-refractivity contribution in [1.82, 2.24) is 24.8 Å². The van der Waals surface area contributed by atoms with Crippen LogP contribution in [-0.2, 0) is 4.74 Å². The minimum atomic E-state index is 0.288. The van der Waals surface area contributed by atoms with E-state index in [1.54, 1.807) is 19.5 Å². The van der Waals surface area contributed by atoms with E-state index in [2.05, 4.69) is 25.8 Å². The quantitative estimate of drug-likeness (QED) is 0.787. The molecule has 8 heteroatoms. The van der Waals surface area contributed by atoms with Crippen LogP contribution < -0.4 is 10.6 Å². The van der Waals surface area contributed by atoms with Crippen molar-refractivity contribution in [3.05, 3.63) is 24.2 Å². The van der Waals surface area contributed by atoms with Gasteiger partial charge in [0.25, 0.3) is 0 Å². The lowest BCUT2D eigenvalue weighted by Crippen LogP contribution is -2.30. The van der Waals surface area contributed by atoms with Gasteiger partial charge in [-0.2, -0.15) is 0 Å². The second kappa shape index (κ2) is 6.60. The van der Waals surface area contributed by atoms with E-state index in [4.69, 9.17) is 20.4 Å². The van der Waals surface area contributed by atoms with Crippen LogP contribution in [0.3, 0.4) is 0 Å². The predicted molar refractivity (Wildman–Crippen MR) is 109 cm³/mol. The van der Waals surface area contributed by atoms with Crippen molar-refractivity contribution in [3.8, 4) is 11.3 Å². The van der Waals surface area contributed by atoms with Gasteiger partial charge >= 0.3 is 0 Å². The Morgan fingerprint density at radius 2 is 1.86 bits per heavy atom. The van der Waals surface area contributed by atoms with Gasteiger partial charge in [0.2, 0.25) is 11.9 Å². The van der Waals surface area contributed by atoms with E-state index in [1.807, 2.05) is 0 Å². The van der Waals surface area contributed by atoms with Crippen molar-refractivity contribution in [1.29, 1.82) is 0 Å². The fourth-order valence-electron chi connectivity index (χ4n) is 5.60. The summed E-state index contributed by atoms with van der Waals surface area (Å²) in [4.78, 5) is 23.3. The van der Waals surface area contributed by atoms with Gasteiger partial charge < -0.3 is 20.3 Å². The largest absolute Gasteiger partial charge is 0.383 e. The normalized spacial score (nSPS) is 32.3.